The number of nitrogens with one attached hydrogen (secondary N) is 1. The molecule has 132 valence electrons. The summed E-state index contributed by atoms with van der Waals surface area (Å²) in [7, 11) is 3.19. The highest BCUT2D eigenvalue weighted by Crippen LogP contribution is 2.31. The lowest BCUT2D eigenvalue weighted by atomic mass is 10.2. The van der Waals surface area contributed by atoms with Crippen molar-refractivity contribution in [1.29, 1.82) is 0 Å². The molecule has 1 aromatic heterocycles. The quantitative estimate of drug-likeness (QED) is 0.898. The molecule has 1 aliphatic rings. The first-order valence-corrected chi connectivity index (χ1v) is 8.03. The van der Waals surface area contributed by atoms with Gasteiger partial charge in [0.25, 0.3) is 5.91 Å². The fraction of sp³-hybridized carbons (Fsp3) is 0.333. The van der Waals surface area contributed by atoms with E-state index in [4.69, 9.17) is 14.2 Å². The normalized spacial score (nSPS) is 14.1. The second-order valence-electron chi connectivity index (χ2n) is 5.53. The van der Waals surface area contributed by atoms with Gasteiger partial charge in [-0.15, -0.1) is 0 Å². The molecule has 1 aromatic carbocycles. The molecule has 0 bridgehead atoms. The number of carbonyl (C=O) groups is 1. The van der Waals surface area contributed by atoms with Crippen LogP contribution in [0.15, 0.2) is 36.5 Å². The van der Waals surface area contributed by atoms with Crippen LogP contribution in [0.25, 0.3) is 0 Å². The number of rotatable bonds is 5. The van der Waals surface area contributed by atoms with E-state index < -0.39 is 0 Å². The van der Waals surface area contributed by atoms with Crippen molar-refractivity contribution in [3.63, 3.8) is 0 Å². The van der Waals surface area contributed by atoms with E-state index in [0.717, 1.165) is 11.4 Å². The number of aromatic nitrogens is 1. The molecular weight excluding hydrogens is 322 g/mol. The average Bonchev–Trinajstić information content (AvgIpc) is 2.68. The van der Waals surface area contributed by atoms with Crippen LogP contribution in [0.3, 0.4) is 0 Å². The summed E-state index contributed by atoms with van der Waals surface area (Å²) in [5, 5.41) is 3.26. The number of pyridine rings is 1. The van der Waals surface area contributed by atoms with E-state index in [1.165, 1.54) is 0 Å². The predicted molar refractivity (Wildman–Crippen MR) is 93.8 cm³/mol. The number of amides is 1. The summed E-state index contributed by atoms with van der Waals surface area (Å²) in [5.74, 6) is 1.20. The van der Waals surface area contributed by atoms with Crippen LogP contribution in [0, 0.1) is 0 Å². The number of ether oxygens (including phenoxy) is 3. The molecule has 0 radical (unpaired) electrons. The Balaban J connectivity index is 1.76. The summed E-state index contributed by atoms with van der Waals surface area (Å²) in [6.45, 7) is 2.31. The van der Waals surface area contributed by atoms with Gasteiger partial charge in [0.15, 0.2) is 11.5 Å². The number of nitrogens with zero attached hydrogens (tertiary/aromatic N) is 2. The summed E-state index contributed by atoms with van der Waals surface area (Å²) < 4.78 is 15.8. The van der Waals surface area contributed by atoms with E-state index in [9.17, 15) is 4.79 Å². The Hall–Kier alpha value is -2.80. The Labute approximate surface area is 146 Å². The standard InChI is InChI=1S/C18H21N3O4/c1-23-16-4-3-13(12-17(16)24-2)20-14-5-6-19-15(11-14)18(22)21-7-9-25-10-8-21/h3-6,11-12H,7-10H2,1-2H3,(H,19,20). The van der Waals surface area contributed by atoms with E-state index in [0.29, 0.717) is 43.5 Å². The number of morpholine rings is 1. The van der Waals surface area contributed by atoms with Gasteiger partial charge in [-0.3, -0.25) is 9.78 Å². The zero-order valence-corrected chi connectivity index (χ0v) is 14.3. The molecule has 2 aromatic rings. The monoisotopic (exact) mass is 343 g/mol. The Bertz CT molecular complexity index is 745. The summed E-state index contributed by atoms with van der Waals surface area (Å²) in [6, 6.07) is 9.09. The zero-order valence-electron chi connectivity index (χ0n) is 14.3. The molecule has 0 spiro atoms. The lowest BCUT2D eigenvalue weighted by molar-refractivity contribution is 0.0299. The van der Waals surface area contributed by atoms with Crippen LogP contribution in [-0.4, -0.2) is 56.3 Å². The third kappa shape index (κ3) is 4.00. The molecule has 0 aliphatic carbocycles. The third-order valence-electron chi connectivity index (χ3n) is 3.95. The van der Waals surface area contributed by atoms with Gasteiger partial charge in [-0.1, -0.05) is 0 Å². The molecule has 2 heterocycles. The van der Waals surface area contributed by atoms with Crippen molar-refractivity contribution in [3.05, 3.63) is 42.2 Å². The molecule has 1 saturated heterocycles. The van der Waals surface area contributed by atoms with Crippen LogP contribution in [0.2, 0.25) is 0 Å². The summed E-state index contributed by atoms with van der Waals surface area (Å²) in [6.07, 6.45) is 1.62. The molecule has 0 saturated carbocycles. The molecule has 7 nitrogen and oxygen atoms in total. The van der Waals surface area contributed by atoms with E-state index in [1.807, 2.05) is 24.3 Å². The highest BCUT2D eigenvalue weighted by Gasteiger charge is 2.19. The van der Waals surface area contributed by atoms with Gasteiger partial charge in [0.05, 0.1) is 27.4 Å². The SMILES string of the molecule is COc1ccc(Nc2ccnc(C(=O)N3CCOCC3)c2)cc1OC. The topological polar surface area (TPSA) is 72.9 Å². The number of methoxy groups -OCH3 is 2. The van der Waals surface area contributed by atoms with Crippen LogP contribution in [0.5, 0.6) is 11.5 Å². The fourth-order valence-corrected chi connectivity index (χ4v) is 2.63. The minimum atomic E-state index is -0.0840. The van der Waals surface area contributed by atoms with Crippen molar-refractivity contribution in [3.8, 4) is 11.5 Å². The van der Waals surface area contributed by atoms with Crippen LogP contribution in [-0.2, 0) is 4.74 Å². The fourth-order valence-electron chi connectivity index (χ4n) is 2.63. The van der Waals surface area contributed by atoms with Gasteiger partial charge in [0.2, 0.25) is 0 Å². The first kappa shape index (κ1) is 17.0. The second kappa shape index (κ2) is 7.85. The van der Waals surface area contributed by atoms with E-state index in [-0.39, 0.29) is 5.91 Å². The van der Waals surface area contributed by atoms with Crippen LogP contribution in [0.1, 0.15) is 10.5 Å². The van der Waals surface area contributed by atoms with Gasteiger partial charge in [0.1, 0.15) is 5.69 Å². The lowest BCUT2D eigenvalue weighted by Crippen LogP contribution is -2.41. The van der Waals surface area contributed by atoms with Crippen LogP contribution < -0.4 is 14.8 Å². The second-order valence-corrected chi connectivity index (χ2v) is 5.53. The van der Waals surface area contributed by atoms with Gasteiger partial charge in [-0.25, -0.2) is 0 Å². The van der Waals surface area contributed by atoms with Gasteiger partial charge in [-0.05, 0) is 24.3 Å². The first-order chi connectivity index (χ1) is 12.2. The van der Waals surface area contributed by atoms with Crippen molar-refractivity contribution in [2.75, 3.05) is 45.8 Å². The Morgan fingerprint density at radius 3 is 2.52 bits per heavy atom. The Morgan fingerprint density at radius 2 is 1.80 bits per heavy atom. The molecule has 0 unspecified atom stereocenters. The minimum Gasteiger partial charge on any atom is -0.493 e. The molecule has 25 heavy (non-hydrogen) atoms. The number of benzene rings is 1. The molecule has 1 N–H and O–H groups in total. The zero-order chi connectivity index (χ0) is 17.6. The third-order valence-corrected chi connectivity index (χ3v) is 3.95. The van der Waals surface area contributed by atoms with E-state index in [2.05, 4.69) is 10.3 Å². The van der Waals surface area contributed by atoms with Crippen molar-refractivity contribution in [2.45, 2.75) is 0 Å². The van der Waals surface area contributed by atoms with E-state index in [1.54, 1.807) is 31.4 Å². The maximum Gasteiger partial charge on any atom is 0.272 e. The Morgan fingerprint density at radius 1 is 1.08 bits per heavy atom. The largest absolute Gasteiger partial charge is 0.493 e. The highest BCUT2D eigenvalue weighted by atomic mass is 16.5. The smallest absolute Gasteiger partial charge is 0.272 e. The van der Waals surface area contributed by atoms with E-state index >= 15 is 0 Å². The maximum atomic E-state index is 12.5. The average molecular weight is 343 g/mol. The molecular formula is C18H21N3O4. The molecule has 1 amide bonds. The van der Waals surface area contributed by atoms with Gasteiger partial charge >= 0.3 is 0 Å². The molecule has 0 atom stereocenters. The maximum absolute atomic E-state index is 12.5. The highest BCUT2D eigenvalue weighted by molar-refractivity contribution is 5.93. The number of hydrogen-bond acceptors (Lipinski definition) is 6. The van der Waals surface area contributed by atoms with Crippen LogP contribution >= 0.6 is 0 Å². The number of hydrogen-bond donors (Lipinski definition) is 1. The summed E-state index contributed by atoms with van der Waals surface area (Å²) in [4.78, 5) is 18.5. The van der Waals surface area contributed by atoms with Crippen LogP contribution in [0.4, 0.5) is 11.4 Å². The summed E-state index contributed by atoms with van der Waals surface area (Å²) in [5.41, 5.74) is 2.01. The van der Waals surface area contributed by atoms with Crippen molar-refractivity contribution >= 4 is 17.3 Å². The van der Waals surface area contributed by atoms with Gasteiger partial charge in [-0.2, -0.15) is 0 Å². The Kier molecular flexibility index (Phi) is 5.35. The number of anilines is 2. The molecule has 3 rings (SSSR count). The summed E-state index contributed by atoms with van der Waals surface area (Å²) >= 11 is 0. The van der Waals surface area contributed by atoms with Crippen molar-refractivity contribution in [1.82, 2.24) is 9.88 Å². The predicted octanol–water partition coefficient (Wildman–Crippen LogP) is 2.31. The van der Waals surface area contributed by atoms with Gasteiger partial charge < -0.3 is 24.4 Å². The first-order valence-electron chi connectivity index (χ1n) is 8.03. The lowest BCUT2D eigenvalue weighted by Gasteiger charge is -2.26. The molecule has 7 heteroatoms. The van der Waals surface area contributed by atoms with Crippen molar-refractivity contribution < 1.29 is 19.0 Å². The van der Waals surface area contributed by atoms with Gasteiger partial charge in [0, 0.05) is 36.7 Å². The minimum absolute atomic E-state index is 0.0840. The van der Waals surface area contributed by atoms with Crippen molar-refractivity contribution in [2.24, 2.45) is 0 Å². The number of carbonyl (C=O) groups excluding carboxylic acids is 1. The molecule has 1 aliphatic heterocycles. The molecule has 1 fully saturated rings.